The van der Waals surface area contributed by atoms with Gasteiger partial charge in [0.2, 0.25) is 0 Å². The maximum atomic E-state index is 10.6. The monoisotopic (exact) mass is 254 g/mol. The van der Waals surface area contributed by atoms with Crippen molar-refractivity contribution < 1.29 is 4.79 Å². The molecule has 1 aromatic heterocycles. The topological polar surface area (TPSA) is 34.9 Å². The molecule has 0 aliphatic carbocycles. The zero-order valence-corrected chi connectivity index (χ0v) is 9.96. The van der Waals surface area contributed by atoms with Crippen molar-refractivity contribution in [2.45, 2.75) is 6.92 Å². The van der Waals surface area contributed by atoms with Gasteiger partial charge in [-0.1, -0.05) is 23.2 Å². The molecule has 0 bridgehead atoms. The third-order valence-corrected chi connectivity index (χ3v) is 2.91. The minimum absolute atomic E-state index is 0.392. The largest absolute Gasteiger partial charge is 0.296 e. The van der Waals surface area contributed by atoms with Crippen LogP contribution in [0.2, 0.25) is 10.0 Å². The second-order valence-electron chi connectivity index (χ2n) is 3.34. The van der Waals surface area contributed by atoms with Crippen LogP contribution in [0.3, 0.4) is 0 Å². The first kappa shape index (κ1) is 11.2. The molecule has 0 spiro atoms. The lowest BCUT2D eigenvalue weighted by Crippen LogP contribution is -1.99. The summed E-state index contributed by atoms with van der Waals surface area (Å²) in [6.45, 7) is 1.86. The zero-order valence-electron chi connectivity index (χ0n) is 8.45. The number of carbonyl (C=O) groups is 1. The predicted octanol–water partition coefficient (Wildman–Crippen LogP) is 3.30. The molecule has 0 aliphatic rings. The van der Waals surface area contributed by atoms with Gasteiger partial charge >= 0.3 is 0 Å². The highest BCUT2D eigenvalue weighted by atomic mass is 35.5. The molecule has 16 heavy (non-hydrogen) atoms. The molecule has 0 atom stereocenters. The summed E-state index contributed by atoms with van der Waals surface area (Å²) in [6, 6.07) is 6.90. The average molecular weight is 255 g/mol. The van der Waals surface area contributed by atoms with Crippen LogP contribution in [-0.4, -0.2) is 16.1 Å². The number of aromatic nitrogens is 2. The minimum atomic E-state index is 0.392. The summed E-state index contributed by atoms with van der Waals surface area (Å²) in [5.74, 6) is 0. The Kier molecular flexibility index (Phi) is 2.99. The molecule has 2 aromatic rings. The normalized spacial score (nSPS) is 10.4. The van der Waals surface area contributed by atoms with Gasteiger partial charge in [-0.25, -0.2) is 4.68 Å². The van der Waals surface area contributed by atoms with Crippen molar-refractivity contribution >= 4 is 29.5 Å². The predicted molar refractivity (Wildman–Crippen MR) is 63.7 cm³/mol. The SMILES string of the molecule is Cc1cc(C=O)nn1-c1ccc(Cl)c(Cl)c1. The quantitative estimate of drug-likeness (QED) is 0.771. The Bertz CT molecular complexity index is 549. The Morgan fingerprint density at radius 3 is 2.56 bits per heavy atom. The number of aryl methyl sites for hydroxylation is 1. The Balaban J connectivity index is 2.53. The van der Waals surface area contributed by atoms with E-state index in [1.807, 2.05) is 6.92 Å². The Hall–Kier alpha value is -1.32. The van der Waals surface area contributed by atoms with E-state index in [0.717, 1.165) is 11.4 Å². The molecule has 1 heterocycles. The molecule has 0 radical (unpaired) electrons. The Morgan fingerprint density at radius 2 is 2.00 bits per heavy atom. The molecule has 5 heteroatoms. The molecule has 82 valence electrons. The molecule has 0 saturated carbocycles. The molecular formula is C11H8Cl2N2O. The number of carbonyl (C=O) groups excluding carboxylic acids is 1. The van der Waals surface area contributed by atoms with Crippen molar-refractivity contribution in [2.75, 3.05) is 0 Å². The number of nitrogens with zero attached hydrogens (tertiary/aromatic N) is 2. The van der Waals surface area contributed by atoms with Crippen LogP contribution in [-0.2, 0) is 0 Å². The summed E-state index contributed by atoms with van der Waals surface area (Å²) in [5, 5.41) is 5.07. The second-order valence-corrected chi connectivity index (χ2v) is 4.15. The fourth-order valence-corrected chi connectivity index (χ4v) is 1.73. The summed E-state index contributed by atoms with van der Waals surface area (Å²) in [4.78, 5) is 10.6. The van der Waals surface area contributed by atoms with Crippen LogP contribution < -0.4 is 0 Å². The van der Waals surface area contributed by atoms with Gasteiger partial charge in [0.15, 0.2) is 6.29 Å². The van der Waals surface area contributed by atoms with E-state index in [1.165, 1.54) is 0 Å². The lowest BCUT2D eigenvalue weighted by atomic mass is 10.3. The van der Waals surface area contributed by atoms with Crippen LogP contribution in [0.15, 0.2) is 24.3 Å². The summed E-state index contributed by atoms with van der Waals surface area (Å²) in [6.07, 6.45) is 0.709. The smallest absolute Gasteiger partial charge is 0.170 e. The lowest BCUT2D eigenvalue weighted by molar-refractivity contribution is 0.111. The van der Waals surface area contributed by atoms with Crippen molar-refractivity contribution in [3.8, 4) is 5.69 Å². The van der Waals surface area contributed by atoms with Crippen LogP contribution in [0.4, 0.5) is 0 Å². The van der Waals surface area contributed by atoms with Crippen molar-refractivity contribution in [1.29, 1.82) is 0 Å². The Labute approximate surface area is 103 Å². The van der Waals surface area contributed by atoms with Gasteiger partial charge in [0.25, 0.3) is 0 Å². The van der Waals surface area contributed by atoms with Crippen LogP contribution in [0.5, 0.6) is 0 Å². The highest BCUT2D eigenvalue weighted by Crippen LogP contribution is 2.24. The third kappa shape index (κ3) is 1.96. The highest BCUT2D eigenvalue weighted by Gasteiger charge is 2.07. The van der Waals surface area contributed by atoms with Gasteiger partial charge in [-0.15, -0.1) is 0 Å². The van der Waals surface area contributed by atoms with Crippen molar-refractivity contribution in [1.82, 2.24) is 9.78 Å². The lowest BCUT2D eigenvalue weighted by Gasteiger charge is -2.05. The first-order chi connectivity index (χ1) is 7.61. The zero-order chi connectivity index (χ0) is 11.7. The van der Waals surface area contributed by atoms with E-state index in [0.29, 0.717) is 22.0 Å². The number of hydrogen-bond donors (Lipinski definition) is 0. The van der Waals surface area contributed by atoms with E-state index in [1.54, 1.807) is 28.9 Å². The van der Waals surface area contributed by atoms with E-state index in [9.17, 15) is 4.79 Å². The summed E-state index contributed by atoms with van der Waals surface area (Å²) >= 11 is 11.7. The third-order valence-electron chi connectivity index (χ3n) is 2.17. The molecule has 0 N–H and O–H groups in total. The van der Waals surface area contributed by atoms with Crippen LogP contribution in [0, 0.1) is 6.92 Å². The van der Waals surface area contributed by atoms with E-state index in [2.05, 4.69) is 5.10 Å². The molecular weight excluding hydrogens is 247 g/mol. The molecule has 0 fully saturated rings. The van der Waals surface area contributed by atoms with Gasteiger partial charge in [-0.3, -0.25) is 4.79 Å². The first-order valence-electron chi connectivity index (χ1n) is 4.59. The number of hydrogen-bond acceptors (Lipinski definition) is 2. The molecule has 3 nitrogen and oxygen atoms in total. The van der Waals surface area contributed by atoms with Crippen molar-refractivity contribution in [2.24, 2.45) is 0 Å². The van der Waals surface area contributed by atoms with Gasteiger partial charge in [-0.2, -0.15) is 5.10 Å². The minimum Gasteiger partial charge on any atom is -0.296 e. The average Bonchev–Trinajstić information content (AvgIpc) is 2.64. The summed E-state index contributed by atoms with van der Waals surface area (Å²) in [7, 11) is 0. The van der Waals surface area contributed by atoms with Crippen molar-refractivity contribution in [3.63, 3.8) is 0 Å². The van der Waals surface area contributed by atoms with Gasteiger partial charge in [0.1, 0.15) is 5.69 Å². The van der Waals surface area contributed by atoms with Gasteiger partial charge < -0.3 is 0 Å². The number of aldehydes is 1. The maximum absolute atomic E-state index is 10.6. The van der Waals surface area contributed by atoms with E-state index in [-0.39, 0.29) is 0 Å². The summed E-state index contributed by atoms with van der Waals surface area (Å²) in [5.41, 5.74) is 2.03. The highest BCUT2D eigenvalue weighted by molar-refractivity contribution is 6.42. The van der Waals surface area contributed by atoms with Crippen LogP contribution in [0.25, 0.3) is 5.69 Å². The second kappa shape index (κ2) is 4.28. The van der Waals surface area contributed by atoms with Gasteiger partial charge in [0.05, 0.1) is 15.7 Å². The van der Waals surface area contributed by atoms with E-state index < -0.39 is 0 Å². The van der Waals surface area contributed by atoms with E-state index >= 15 is 0 Å². The van der Waals surface area contributed by atoms with Gasteiger partial charge in [-0.05, 0) is 31.2 Å². The molecule has 0 saturated heterocycles. The molecule has 0 aliphatic heterocycles. The van der Waals surface area contributed by atoms with Crippen molar-refractivity contribution in [3.05, 3.63) is 45.7 Å². The Morgan fingerprint density at radius 1 is 1.25 bits per heavy atom. The van der Waals surface area contributed by atoms with Crippen LogP contribution in [0.1, 0.15) is 16.2 Å². The maximum Gasteiger partial charge on any atom is 0.170 e. The van der Waals surface area contributed by atoms with E-state index in [4.69, 9.17) is 23.2 Å². The van der Waals surface area contributed by atoms with Crippen LogP contribution >= 0.6 is 23.2 Å². The molecule has 0 amide bonds. The first-order valence-corrected chi connectivity index (χ1v) is 5.34. The standard InChI is InChI=1S/C11H8Cl2N2O/c1-7-4-8(6-16)14-15(7)9-2-3-10(12)11(13)5-9/h2-6H,1H3. The fraction of sp³-hybridized carbons (Fsp3) is 0.0909. The molecule has 0 unspecified atom stereocenters. The molecule has 1 aromatic carbocycles. The number of halogens is 2. The van der Waals surface area contributed by atoms with Gasteiger partial charge in [0, 0.05) is 5.69 Å². The number of rotatable bonds is 2. The fourth-order valence-electron chi connectivity index (χ4n) is 1.43. The number of benzene rings is 1. The summed E-state index contributed by atoms with van der Waals surface area (Å²) < 4.78 is 1.64. The molecule has 2 rings (SSSR count).